The molecule has 0 saturated heterocycles. The maximum absolute atomic E-state index is 14.0. The zero-order valence-electron chi connectivity index (χ0n) is 18.4. The number of carboxylic acids is 1. The Morgan fingerprint density at radius 3 is 2.51 bits per heavy atom. The third kappa shape index (κ3) is 1.87. The molecule has 0 radical (unpaired) electrons. The van der Waals surface area contributed by atoms with E-state index in [9.17, 15) is 19.1 Å². The number of benzene rings is 1. The third-order valence-electron chi connectivity index (χ3n) is 9.87. The first-order valence-corrected chi connectivity index (χ1v) is 13.4. The fourth-order valence-corrected chi connectivity index (χ4v) is 10.3. The van der Waals surface area contributed by atoms with E-state index in [0.29, 0.717) is 26.5 Å². The summed E-state index contributed by atoms with van der Waals surface area (Å²) in [4.78, 5) is 34.9. The van der Waals surface area contributed by atoms with Gasteiger partial charge in [-0.1, -0.05) is 22.0 Å². The molecule has 7 nitrogen and oxygen atoms in total. The average molecular weight is 556 g/mol. The molecule has 1 atom stereocenters. The summed E-state index contributed by atoms with van der Waals surface area (Å²) in [6.07, 6.45) is 1.71. The molecule has 35 heavy (non-hydrogen) atoms. The van der Waals surface area contributed by atoms with E-state index in [1.807, 2.05) is 5.38 Å². The second-order valence-electron chi connectivity index (χ2n) is 10.3. The van der Waals surface area contributed by atoms with Crippen molar-refractivity contribution in [3.63, 3.8) is 0 Å². The van der Waals surface area contributed by atoms with Gasteiger partial charge in [-0.2, -0.15) is 0 Å². The first-order valence-electron chi connectivity index (χ1n) is 11.7. The molecule has 1 aromatic carbocycles. The van der Waals surface area contributed by atoms with Crippen LogP contribution in [0.1, 0.15) is 23.5 Å². The van der Waals surface area contributed by atoms with Crippen LogP contribution in [0.25, 0.3) is 0 Å². The van der Waals surface area contributed by atoms with Crippen molar-refractivity contribution in [3.05, 3.63) is 61.9 Å². The molecule has 1 aliphatic heterocycles. The Kier molecular flexibility index (Phi) is 3.65. The largest absolute Gasteiger partial charge is 0.481 e. The highest BCUT2D eigenvalue weighted by Crippen LogP contribution is 3.11. The van der Waals surface area contributed by atoms with Gasteiger partial charge < -0.3 is 15.2 Å². The summed E-state index contributed by atoms with van der Waals surface area (Å²) >= 11 is 4.92. The first-order chi connectivity index (χ1) is 16.9. The van der Waals surface area contributed by atoms with Gasteiger partial charge in [0.15, 0.2) is 10.8 Å². The van der Waals surface area contributed by atoms with Gasteiger partial charge >= 0.3 is 11.9 Å². The fraction of sp³-hybridized carbons (Fsp3) is 0.440. The zero-order valence-corrected chi connectivity index (χ0v) is 20.8. The van der Waals surface area contributed by atoms with E-state index in [1.165, 1.54) is 23.5 Å². The highest BCUT2D eigenvalue weighted by atomic mass is 79.9. The minimum atomic E-state index is -0.701. The van der Waals surface area contributed by atoms with Crippen molar-refractivity contribution in [1.29, 1.82) is 0 Å². The Morgan fingerprint density at radius 2 is 1.94 bits per heavy atom. The van der Waals surface area contributed by atoms with Crippen LogP contribution in [-0.4, -0.2) is 34.5 Å². The highest BCUT2D eigenvalue weighted by Gasteiger charge is 3.12. The lowest BCUT2D eigenvalue weighted by molar-refractivity contribution is -0.633. The van der Waals surface area contributed by atoms with Crippen molar-refractivity contribution in [3.8, 4) is 0 Å². The van der Waals surface area contributed by atoms with Crippen LogP contribution in [-0.2, 0) is 14.3 Å². The number of carbonyl (C=O) groups excluding carboxylic acids is 1. The Morgan fingerprint density at radius 1 is 1.23 bits per heavy atom. The number of ether oxygens (including phenoxy) is 1. The van der Waals surface area contributed by atoms with Crippen molar-refractivity contribution in [2.24, 2.45) is 51.3 Å². The molecule has 6 aliphatic carbocycles. The van der Waals surface area contributed by atoms with E-state index >= 15 is 0 Å². The highest BCUT2D eigenvalue weighted by molar-refractivity contribution is 9.10. The van der Waals surface area contributed by atoms with Crippen molar-refractivity contribution < 1.29 is 23.8 Å². The summed E-state index contributed by atoms with van der Waals surface area (Å²) in [7, 11) is 0. The summed E-state index contributed by atoms with van der Waals surface area (Å²) in [6.45, 7) is 1.98. The van der Waals surface area contributed by atoms with Crippen LogP contribution in [0.2, 0.25) is 0 Å². The van der Waals surface area contributed by atoms with Crippen LogP contribution in [0.5, 0.6) is 0 Å². The molecule has 6 fully saturated rings. The maximum Gasteiger partial charge on any atom is 0.338 e. The van der Waals surface area contributed by atoms with Crippen molar-refractivity contribution in [2.45, 2.75) is 13.0 Å². The summed E-state index contributed by atoms with van der Waals surface area (Å²) in [5.41, 5.74) is 1.20. The monoisotopic (exact) mass is 555 g/mol. The second-order valence-corrected chi connectivity index (χ2v) is 12.1. The fourth-order valence-electron chi connectivity index (χ4n) is 9.17. The minimum Gasteiger partial charge on any atom is -0.481 e. The van der Waals surface area contributed by atoms with Gasteiger partial charge in [0.2, 0.25) is 0 Å². The molecule has 0 bridgehead atoms. The molecule has 0 spiro atoms. The number of aliphatic imine (C=N–C) groups is 1. The van der Waals surface area contributed by atoms with E-state index < -0.39 is 23.4 Å². The van der Waals surface area contributed by atoms with Gasteiger partial charge in [0.1, 0.15) is 11.9 Å². The molecule has 2 heterocycles. The minimum absolute atomic E-state index is 0.205. The van der Waals surface area contributed by atoms with Gasteiger partial charge in [-0.15, -0.1) is 11.3 Å². The number of hydrogen-bond donors (Lipinski definition) is 2. The Labute approximate surface area is 211 Å². The van der Waals surface area contributed by atoms with Crippen molar-refractivity contribution in [1.82, 2.24) is 10.3 Å². The molecular weight excluding hydrogens is 537 g/mol. The Balaban J connectivity index is 1.30. The quantitative estimate of drug-likeness (QED) is 0.526. The number of thiazole rings is 1. The zero-order chi connectivity index (χ0) is 24.0. The molecule has 2 aromatic rings. The molecule has 178 valence electrons. The maximum atomic E-state index is 14.0. The molecule has 9 rings (SSSR count). The van der Waals surface area contributed by atoms with Crippen LogP contribution in [0, 0.1) is 52.2 Å². The van der Waals surface area contributed by atoms with Gasteiger partial charge in [0.25, 0.3) is 0 Å². The van der Waals surface area contributed by atoms with E-state index in [1.54, 1.807) is 19.2 Å². The van der Waals surface area contributed by atoms with Gasteiger partial charge in [0, 0.05) is 27.2 Å². The third-order valence-corrected chi connectivity index (χ3v) is 11.3. The van der Waals surface area contributed by atoms with E-state index in [4.69, 9.17) is 9.73 Å². The normalized spacial score (nSPS) is 42.3. The summed E-state index contributed by atoms with van der Waals surface area (Å²) in [6, 6.07) is 3.69. The molecule has 7 aliphatic rings. The number of carbonyl (C=O) groups is 2. The van der Waals surface area contributed by atoms with Crippen LogP contribution in [0.4, 0.5) is 4.39 Å². The molecule has 2 N–H and O–H groups in total. The van der Waals surface area contributed by atoms with E-state index in [0.717, 1.165) is 5.70 Å². The molecule has 6 saturated carbocycles. The standard InChI is InChI=1S/C25H19BrFN3O4S/c1-2-34-22(31)11-18(9-4-3-8(27)7-10(9)26)29-20(21-28-5-6-35-21)30-19(11)24-12-15-13(24)17-14(24)16(12)25(15,17)23(32)33/h3-7,12-18H,2H2,1H3,(H,29,30)(H,32,33)/t12?,13?,14?,15?,16?,17?,18-,24?,25?/m0/s1. The number of esters is 1. The first kappa shape index (κ1) is 20.6. The predicted octanol–water partition coefficient (Wildman–Crippen LogP) is 3.78. The Bertz CT molecular complexity index is 1380. The second kappa shape index (κ2) is 6.21. The predicted molar refractivity (Wildman–Crippen MR) is 126 cm³/mol. The number of nitrogens with one attached hydrogen (secondary N) is 1. The molecule has 0 unspecified atom stereocenters. The number of aliphatic carboxylic acids is 1. The van der Waals surface area contributed by atoms with E-state index in [2.05, 4.69) is 26.2 Å². The van der Waals surface area contributed by atoms with E-state index in [-0.39, 0.29) is 53.3 Å². The van der Waals surface area contributed by atoms with Crippen LogP contribution in [0.3, 0.4) is 0 Å². The Hall–Kier alpha value is -2.59. The number of nitrogens with zero attached hydrogens (tertiary/aromatic N) is 2. The van der Waals surface area contributed by atoms with Gasteiger partial charge in [-0.25, -0.2) is 14.2 Å². The number of allylic oxidation sites excluding steroid dienone is 1. The molecule has 10 heteroatoms. The molecule has 0 amide bonds. The number of amidine groups is 1. The van der Waals surface area contributed by atoms with Crippen molar-refractivity contribution >= 4 is 45.0 Å². The van der Waals surface area contributed by atoms with Crippen LogP contribution < -0.4 is 5.32 Å². The van der Waals surface area contributed by atoms with Gasteiger partial charge in [-0.3, -0.25) is 9.79 Å². The lowest BCUT2D eigenvalue weighted by atomic mass is 8.92. The van der Waals surface area contributed by atoms with Crippen LogP contribution in [0.15, 0.2) is 50.5 Å². The number of hydrogen-bond acceptors (Lipinski definition) is 7. The van der Waals surface area contributed by atoms with Gasteiger partial charge in [0.05, 0.1) is 17.6 Å². The van der Waals surface area contributed by atoms with Crippen LogP contribution >= 0.6 is 27.3 Å². The number of halogens is 2. The lowest BCUT2D eigenvalue weighted by Gasteiger charge is -3.10. The smallest absolute Gasteiger partial charge is 0.338 e. The summed E-state index contributed by atoms with van der Waals surface area (Å²) in [5.74, 6) is 0.536. The molecule has 1 aromatic heterocycles. The SMILES string of the molecule is CCOC(=O)C1=C(C23C4C5C2C2C3C4C52C(=O)O)NC(c2nccs2)=N[C@H]1c1ccc(F)cc1Br. The van der Waals surface area contributed by atoms with Gasteiger partial charge in [-0.05, 0) is 60.1 Å². The number of rotatable bonds is 6. The number of carboxylic acid groups (broad SMARTS) is 1. The summed E-state index contributed by atoms with van der Waals surface area (Å²) in [5, 5.41) is 16.0. The average Bonchev–Trinajstić information content (AvgIpc) is 3.38. The summed E-state index contributed by atoms with van der Waals surface area (Å²) < 4.78 is 20.0. The van der Waals surface area contributed by atoms with Crippen molar-refractivity contribution in [2.75, 3.05) is 6.61 Å². The molecular formula is C25H19BrFN3O4S. The number of aromatic nitrogens is 1. The lowest BCUT2D eigenvalue weighted by Crippen LogP contribution is -3.11. The topological polar surface area (TPSA) is 101 Å².